The molecule has 2 N–H and O–H groups in total. The number of rotatable bonds is 5. The van der Waals surface area contributed by atoms with Gasteiger partial charge in [-0.05, 0) is 43.9 Å². The second-order valence-corrected chi connectivity index (χ2v) is 5.48. The van der Waals surface area contributed by atoms with Gasteiger partial charge in [-0.1, -0.05) is 12.1 Å². The van der Waals surface area contributed by atoms with Gasteiger partial charge in [0.05, 0.1) is 13.0 Å². The van der Waals surface area contributed by atoms with Gasteiger partial charge >= 0.3 is 0 Å². The molecule has 0 bridgehead atoms. The van der Waals surface area contributed by atoms with E-state index in [0.717, 1.165) is 31.6 Å². The van der Waals surface area contributed by atoms with E-state index in [9.17, 15) is 4.79 Å². The summed E-state index contributed by atoms with van der Waals surface area (Å²) in [5, 5.41) is 6.39. The van der Waals surface area contributed by atoms with Crippen molar-refractivity contribution in [3.63, 3.8) is 0 Å². The number of amides is 1. The first-order valence-electron chi connectivity index (χ1n) is 7.33. The molecule has 4 nitrogen and oxygen atoms in total. The highest BCUT2D eigenvalue weighted by atomic mass is 16.5. The van der Waals surface area contributed by atoms with E-state index in [0.29, 0.717) is 12.6 Å². The Balaban J connectivity index is 1.73. The maximum absolute atomic E-state index is 12.0. The van der Waals surface area contributed by atoms with E-state index in [4.69, 9.17) is 4.74 Å². The van der Waals surface area contributed by atoms with Crippen LogP contribution in [0.25, 0.3) is 0 Å². The number of nitrogens with one attached hydrogen (secondary N) is 2. The summed E-state index contributed by atoms with van der Waals surface area (Å²) in [6.45, 7) is 3.64. The van der Waals surface area contributed by atoms with Crippen LogP contribution in [0.5, 0.6) is 5.75 Å². The lowest BCUT2D eigenvalue weighted by molar-refractivity contribution is -0.125. The van der Waals surface area contributed by atoms with E-state index in [1.54, 1.807) is 7.11 Å². The van der Waals surface area contributed by atoms with Crippen molar-refractivity contribution in [1.29, 1.82) is 0 Å². The highest BCUT2D eigenvalue weighted by Gasteiger charge is 2.23. The summed E-state index contributed by atoms with van der Waals surface area (Å²) in [4.78, 5) is 12.0. The average Bonchev–Trinajstić information content (AvgIpc) is 2.48. The minimum absolute atomic E-state index is 0.122. The zero-order chi connectivity index (χ0) is 14.4. The minimum Gasteiger partial charge on any atom is -0.497 e. The van der Waals surface area contributed by atoms with E-state index in [2.05, 4.69) is 23.6 Å². The Kier molecular flexibility index (Phi) is 5.41. The quantitative estimate of drug-likeness (QED) is 0.861. The first kappa shape index (κ1) is 14.9. The van der Waals surface area contributed by atoms with Gasteiger partial charge in [0.15, 0.2) is 0 Å². The lowest BCUT2D eigenvalue weighted by Crippen LogP contribution is -2.44. The molecule has 20 heavy (non-hydrogen) atoms. The monoisotopic (exact) mass is 276 g/mol. The molecule has 1 aliphatic rings. The second kappa shape index (κ2) is 7.29. The van der Waals surface area contributed by atoms with E-state index in [-0.39, 0.29) is 11.8 Å². The van der Waals surface area contributed by atoms with Gasteiger partial charge < -0.3 is 15.4 Å². The van der Waals surface area contributed by atoms with Crippen LogP contribution in [0.3, 0.4) is 0 Å². The van der Waals surface area contributed by atoms with E-state index < -0.39 is 0 Å². The van der Waals surface area contributed by atoms with Crippen LogP contribution in [-0.4, -0.2) is 32.1 Å². The average molecular weight is 276 g/mol. The molecule has 2 unspecified atom stereocenters. The van der Waals surface area contributed by atoms with Crippen molar-refractivity contribution in [2.75, 3.05) is 20.2 Å². The van der Waals surface area contributed by atoms with Gasteiger partial charge in [0.2, 0.25) is 5.91 Å². The number of carbonyl (C=O) groups is 1. The summed E-state index contributed by atoms with van der Waals surface area (Å²) in [5.74, 6) is 1.16. The predicted molar refractivity (Wildman–Crippen MR) is 79.9 cm³/mol. The Labute approximate surface area is 120 Å². The molecule has 1 aromatic carbocycles. The highest BCUT2D eigenvalue weighted by Crippen LogP contribution is 2.15. The van der Waals surface area contributed by atoms with Crippen LogP contribution in [0.4, 0.5) is 0 Å². The van der Waals surface area contributed by atoms with Crippen molar-refractivity contribution in [1.82, 2.24) is 10.6 Å². The van der Waals surface area contributed by atoms with Crippen molar-refractivity contribution in [3.05, 3.63) is 29.8 Å². The third-order valence-electron chi connectivity index (χ3n) is 3.88. The molecule has 110 valence electrons. The van der Waals surface area contributed by atoms with Crippen molar-refractivity contribution in [2.24, 2.45) is 5.92 Å². The third-order valence-corrected chi connectivity index (χ3v) is 3.88. The summed E-state index contributed by atoms with van der Waals surface area (Å²) in [6.07, 6.45) is 2.90. The fourth-order valence-corrected chi connectivity index (χ4v) is 2.52. The van der Waals surface area contributed by atoms with Crippen molar-refractivity contribution in [2.45, 2.75) is 32.2 Å². The molecule has 1 saturated heterocycles. The molecule has 1 heterocycles. The summed E-state index contributed by atoms with van der Waals surface area (Å²) < 4.78 is 5.19. The predicted octanol–water partition coefficient (Wildman–Crippen LogP) is 1.74. The van der Waals surface area contributed by atoms with Gasteiger partial charge in [-0.2, -0.15) is 0 Å². The molecule has 0 spiro atoms. The standard InChI is InChI=1S/C16H24N2O2/c1-12-6-7-14(11-18-12)16(19)17-9-8-13-4-3-5-15(10-13)20-2/h3-5,10,12,14,18H,6-9,11H2,1-2H3,(H,17,19). The number of carbonyl (C=O) groups excluding carboxylic acids is 1. The Morgan fingerprint density at radius 1 is 1.45 bits per heavy atom. The van der Waals surface area contributed by atoms with Gasteiger partial charge in [-0.25, -0.2) is 0 Å². The van der Waals surface area contributed by atoms with E-state index in [1.165, 1.54) is 5.56 Å². The van der Waals surface area contributed by atoms with E-state index >= 15 is 0 Å². The fraction of sp³-hybridized carbons (Fsp3) is 0.562. The first-order valence-corrected chi connectivity index (χ1v) is 7.33. The number of hydrogen-bond acceptors (Lipinski definition) is 3. The number of piperidine rings is 1. The zero-order valence-corrected chi connectivity index (χ0v) is 12.3. The molecule has 0 aromatic heterocycles. The van der Waals surface area contributed by atoms with Crippen molar-refractivity contribution < 1.29 is 9.53 Å². The topological polar surface area (TPSA) is 50.4 Å². The lowest BCUT2D eigenvalue weighted by Gasteiger charge is -2.26. The van der Waals surface area contributed by atoms with Gasteiger partial charge in [-0.3, -0.25) is 4.79 Å². The Hall–Kier alpha value is -1.55. The molecular weight excluding hydrogens is 252 g/mol. The maximum Gasteiger partial charge on any atom is 0.224 e. The third kappa shape index (κ3) is 4.23. The number of ether oxygens (including phenoxy) is 1. The van der Waals surface area contributed by atoms with Crippen molar-refractivity contribution in [3.8, 4) is 5.75 Å². The molecule has 1 fully saturated rings. The molecule has 2 atom stereocenters. The molecule has 1 aromatic rings. The summed E-state index contributed by atoms with van der Waals surface area (Å²) in [6, 6.07) is 8.50. The molecule has 1 aliphatic heterocycles. The van der Waals surface area contributed by atoms with Crippen LogP contribution >= 0.6 is 0 Å². The molecule has 0 aliphatic carbocycles. The molecule has 0 radical (unpaired) electrons. The van der Waals surface area contributed by atoms with Crippen LogP contribution < -0.4 is 15.4 Å². The van der Waals surface area contributed by atoms with Gasteiger partial charge in [-0.15, -0.1) is 0 Å². The van der Waals surface area contributed by atoms with E-state index in [1.807, 2.05) is 18.2 Å². The summed E-state index contributed by atoms with van der Waals surface area (Å²) in [5.41, 5.74) is 1.18. The summed E-state index contributed by atoms with van der Waals surface area (Å²) >= 11 is 0. The Bertz CT molecular complexity index is 440. The van der Waals surface area contributed by atoms with Crippen LogP contribution in [0.15, 0.2) is 24.3 Å². The van der Waals surface area contributed by atoms with Gasteiger partial charge in [0.25, 0.3) is 0 Å². The van der Waals surface area contributed by atoms with Crippen LogP contribution in [-0.2, 0) is 11.2 Å². The van der Waals surface area contributed by atoms with Crippen LogP contribution in [0.2, 0.25) is 0 Å². The maximum atomic E-state index is 12.0. The molecular formula is C16H24N2O2. The summed E-state index contributed by atoms with van der Waals surface area (Å²) in [7, 11) is 1.66. The molecule has 0 saturated carbocycles. The normalized spacial score (nSPS) is 22.3. The molecule has 1 amide bonds. The first-order chi connectivity index (χ1) is 9.69. The van der Waals surface area contributed by atoms with Gasteiger partial charge in [0.1, 0.15) is 5.75 Å². The highest BCUT2D eigenvalue weighted by molar-refractivity contribution is 5.79. The molecule has 2 rings (SSSR count). The van der Waals surface area contributed by atoms with Crippen LogP contribution in [0.1, 0.15) is 25.3 Å². The van der Waals surface area contributed by atoms with Gasteiger partial charge in [0, 0.05) is 19.1 Å². The SMILES string of the molecule is COc1cccc(CCNC(=O)C2CCC(C)NC2)c1. The van der Waals surface area contributed by atoms with Crippen molar-refractivity contribution >= 4 is 5.91 Å². The van der Waals surface area contributed by atoms with Crippen LogP contribution in [0, 0.1) is 5.92 Å². The Morgan fingerprint density at radius 3 is 3.00 bits per heavy atom. The second-order valence-electron chi connectivity index (χ2n) is 5.48. The lowest BCUT2D eigenvalue weighted by atomic mass is 9.95. The number of benzene rings is 1. The molecule has 4 heteroatoms. The number of methoxy groups -OCH3 is 1. The largest absolute Gasteiger partial charge is 0.497 e. The minimum atomic E-state index is 0.122. The zero-order valence-electron chi connectivity index (χ0n) is 12.3. The smallest absolute Gasteiger partial charge is 0.224 e. The fourth-order valence-electron chi connectivity index (χ4n) is 2.52. The Morgan fingerprint density at radius 2 is 2.30 bits per heavy atom. The number of hydrogen-bond donors (Lipinski definition) is 2.